The van der Waals surface area contributed by atoms with Crippen molar-refractivity contribution in [2.75, 3.05) is 10.6 Å². The van der Waals surface area contributed by atoms with Crippen molar-refractivity contribution in [2.24, 2.45) is 0 Å². The van der Waals surface area contributed by atoms with E-state index in [0.717, 1.165) is 5.69 Å². The maximum atomic E-state index is 12.2. The number of benzene rings is 1. The second-order valence-corrected chi connectivity index (χ2v) is 5.95. The zero-order valence-corrected chi connectivity index (χ0v) is 12.8. The lowest BCUT2D eigenvalue weighted by Crippen LogP contribution is -2.26. The molecule has 22 heavy (non-hydrogen) atoms. The highest BCUT2D eigenvalue weighted by Crippen LogP contribution is 2.16. The molecule has 5 nitrogen and oxygen atoms in total. The number of carbonyl (C=O) groups is 1. The number of pyridine rings is 1. The van der Waals surface area contributed by atoms with Crippen molar-refractivity contribution in [3.8, 4) is 6.07 Å². The summed E-state index contributed by atoms with van der Waals surface area (Å²) in [6, 6.07) is 12.3. The molecule has 112 valence electrons. The molecule has 0 atom stereocenters. The molecule has 0 unspecified atom stereocenters. The van der Waals surface area contributed by atoms with Crippen LogP contribution in [-0.4, -0.2) is 16.4 Å². The third-order valence-corrected chi connectivity index (χ3v) is 2.78. The van der Waals surface area contributed by atoms with E-state index in [9.17, 15) is 4.79 Å². The van der Waals surface area contributed by atoms with Crippen LogP contribution in [0, 0.1) is 11.3 Å². The lowest BCUT2D eigenvalue weighted by Gasteiger charge is -2.22. The number of nitrogens with one attached hydrogen (secondary N) is 2. The summed E-state index contributed by atoms with van der Waals surface area (Å²) in [5.74, 6) is -0.290. The third kappa shape index (κ3) is 4.32. The highest BCUT2D eigenvalue weighted by molar-refractivity contribution is 6.03. The molecule has 1 aromatic carbocycles. The maximum absolute atomic E-state index is 12.2. The summed E-state index contributed by atoms with van der Waals surface area (Å²) < 4.78 is 0. The minimum Gasteiger partial charge on any atom is -0.380 e. The SMILES string of the molecule is CC(C)(C)Nc1ccnc(C(=O)Nc2ccc(C#N)cc2)c1. The number of hydrogen-bond acceptors (Lipinski definition) is 4. The van der Waals surface area contributed by atoms with Crippen LogP contribution < -0.4 is 10.6 Å². The first-order valence-corrected chi connectivity index (χ1v) is 6.93. The summed E-state index contributed by atoms with van der Waals surface area (Å²) in [6.45, 7) is 6.14. The van der Waals surface area contributed by atoms with Crippen LogP contribution in [0.5, 0.6) is 0 Å². The van der Waals surface area contributed by atoms with Crippen molar-refractivity contribution >= 4 is 17.3 Å². The fraction of sp³-hybridized carbons (Fsp3) is 0.235. The Labute approximate surface area is 130 Å². The smallest absolute Gasteiger partial charge is 0.274 e. The van der Waals surface area contributed by atoms with Gasteiger partial charge in [0.25, 0.3) is 5.91 Å². The molecule has 5 heteroatoms. The van der Waals surface area contributed by atoms with Crippen molar-refractivity contribution in [3.63, 3.8) is 0 Å². The van der Waals surface area contributed by atoms with Gasteiger partial charge in [-0.15, -0.1) is 0 Å². The Bertz CT molecular complexity index is 709. The van der Waals surface area contributed by atoms with Gasteiger partial charge in [0.05, 0.1) is 11.6 Å². The fourth-order valence-electron chi connectivity index (χ4n) is 1.89. The van der Waals surface area contributed by atoms with Gasteiger partial charge in [0, 0.05) is 23.1 Å². The molecule has 0 spiro atoms. The van der Waals surface area contributed by atoms with E-state index < -0.39 is 0 Å². The summed E-state index contributed by atoms with van der Waals surface area (Å²) in [5, 5.41) is 14.8. The number of hydrogen-bond donors (Lipinski definition) is 2. The molecule has 0 fully saturated rings. The van der Waals surface area contributed by atoms with Crippen LogP contribution in [0.3, 0.4) is 0 Å². The highest BCUT2D eigenvalue weighted by Gasteiger charge is 2.12. The molecule has 2 aromatic rings. The number of amides is 1. The number of anilines is 2. The predicted molar refractivity (Wildman–Crippen MR) is 86.7 cm³/mol. The third-order valence-electron chi connectivity index (χ3n) is 2.78. The zero-order chi connectivity index (χ0) is 16.2. The van der Waals surface area contributed by atoms with Crippen molar-refractivity contribution in [2.45, 2.75) is 26.3 Å². The lowest BCUT2D eigenvalue weighted by atomic mass is 10.1. The van der Waals surface area contributed by atoms with Gasteiger partial charge >= 0.3 is 0 Å². The lowest BCUT2D eigenvalue weighted by molar-refractivity contribution is 0.102. The average molecular weight is 294 g/mol. The zero-order valence-electron chi connectivity index (χ0n) is 12.8. The summed E-state index contributed by atoms with van der Waals surface area (Å²) in [5.41, 5.74) is 2.25. The second kappa shape index (κ2) is 6.27. The van der Waals surface area contributed by atoms with Crippen LogP contribution in [0.2, 0.25) is 0 Å². The average Bonchev–Trinajstić information content (AvgIpc) is 2.46. The van der Waals surface area contributed by atoms with E-state index >= 15 is 0 Å². The molecule has 2 rings (SSSR count). The molecule has 0 aliphatic carbocycles. The van der Waals surface area contributed by atoms with Gasteiger partial charge in [-0.2, -0.15) is 5.26 Å². The minimum atomic E-state index is -0.290. The van der Waals surface area contributed by atoms with E-state index in [1.807, 2.05) is 32.9 Å². The Morgan fingerprint density at radius 2 is 1.82 bits per heavy atom. The molecule has 0 bridgehead atoms. The van der Waals surface area contributed by atoms with Gasteiger partial charge < -0.3 is 10.6 Å². The van der Waals surface area contributed by atoms with E-state index in [-0.39, 0.29) is 11.4 Å². The normalized spacial score (nSPS) is 10.6. The first-order valence-electron chi connectivity index (χ1n) is 6.93. The van der Waals surface area contributed by atoms with Crippen LogP contribution in [-0.2, 0) is 0 Å². The van der Waals surface area contributed by atoms with E-state index in [1.54, 1.807) is 36.5 Å². The molecule has 0 radical (unpaired) electrons. The number of carbonyl (C=O) groups excluding carboxylic acids is 1. The van der Waals surface area contributed by atoms with Crippen LogP contribution in [0.15, 0.2) is 42.6 Å². The predicted octanol–water partition coefficient (Wildman–Crippen LogP) is 3.42. The van der Waals surface area contributed by atoms with Gasteiger partial charge in [-0.05, 0) is 57.2 Å². The molecule has 1 amide bonds. The summed E-state index contributed by atoms with van der Waals surface area (Å²) in [6.07, 6.45) is 1.60. The number of nitriles is 1. The van der Waals surface area contributed by atoms with Crippen molar-refractivity contribution in [1.82, 2.24) is 4.98 Å². The monoisotopic (exact) mass is 294 g/mol. The van der Waals surface area contributed by atoms with Gasteiger partial charge in [-0.25, -0.2) is 0 Å². The topological polar surface area (TPSA) is 77.8 Å². The van der Waals surface area contributed by atoms with Crippen LogP contribution in [0.1, 0.15) is 36.8 Å². The number of rotatable bonds is 3. The summed E-state index contributed by atoms with van der Waals surface area (Å²) >= 11 is 0. The standard InChI is InChI=1S/C17H18N4O/c1-17(2,3)21-14-8-9-19-15(10-14)16(22)20-13-6-4-12(11-18)5-7-13/h4-10H,1-3H3,(H,19,21)(H,20,22). The first-order chi connectivity index (χ1) is 10.4. The number of aromatic nitrogens is 1. The van der Waals surface area contributed by atoms with Crippen molar-refractivity contribution < 1.29 is 4.79 Å². The van der Waals surface area contributed by atoms with Crippen LogP contribution >= 0.6 is 0 Å². The largest absolute Gasteiger partial charge is 0.380 e. The van der Waals surface area contributed by atoms with E-state index in [0.29, 0.717) is 16.9 Å². The molecule has 0 saturated heterocycles. The van der Waals surface area contributed by atoms with Crippen LogP contribution in [0.4, 0.5) is 11.4 Å². The van der Waals surface area contributed by atoms with Gasteiger partial charge in [0.2, 0.25) is 0 Å². The molecular weight excluding hydrogens is 276 g/mol. The minimum absolute atomic E-state index is 0.0950. The Morgan fingerprint density at radius 3 is 2.41 bits per heavy atom. The van der Waals surface area contributed by atoms with Crippen molar-refractivity contribution in [3.05, 3.63) is 53.9 Å². The summed E-state index contributed by atoms with van der Waals surface area (Å²) in [4.78, 5) is 16.3. The van der Waals surface area contributed by atoms with Gasteiger partial charge in [-0.1, -0.05) is 0 Å². The molecule has 0 saturated carbocycles. The Kier molecular flexibility index (Phi) is 4.42. The van der Waals surface area contributed by atoms with Crippen LogP contribution in [0.25, 0.3) is 0 Å². The first kappa shape index (κ1) is 15.5. The molecule has 1 heterocycles. The quantitative estimate of drug-likeness (QED) is 0.909. The molecule has 2 N–H and O–H groups in total. The fourth-order valence-corrected chi connectivity index (χ4v) is 1.89. The second-order valence-electron chi connectivity index (χ2n) is 5.95. The Balaban J connectivity index is 2.12. The maximum Gasteiger partial charge on any atom is 0.274 e. The Hall–Kier alpha value is -2.87. The number of nitrogens with zero attached hydrogens (tertiary/aromatic N) is 2. The van der Waals surface area contributed by atoms with Gasteiger partial charge in [0.1, 0.15) is 5.69 Å². The summed E-state index contributed by atoms with van der Waals surface area (Å²) in [7, 11) is 0. The Morgan fingerprint density at radius 1 is 1.14 bits per heavy atom. The van der Waals surface area contributed by atoms with Crippen molar-refractivity contribution in [1.29, 1.82) is 5.26 Å². The van der Waals surface area contributed by atoms with E-state index in [1.165, 1.54) is 0 Å². The molecule has 0 aliphatic heterocycles. The molecule has 0 aliphatic rings. The van der Waals surface area contributed by atoms with E-state index in [4.69, 9.17) is 5.26 Å². The van der Waals surface area contributed by atoms with E-state index in [2.05, 4.69) is 15.6 Å². The van der Waals surface area contributed by atoms with Gasteiger partial charge in [0.15, 0.2) is 0 Å². The molecule has 1 aromatic heterocycles. The van der Waals surface area contributed by atoms with Gasteiger partial charge in [-0.3, -0.25) is 9.78 Å². The highest BCUT2D eigenvalue weighted by atomic mass is 16.1. The molecular formula is C17H18N4O.